The molecule has 1 aromatic rings. The molecule has 0 spiro atoms. The molecular weight excluding hydrogens is 678 g/mol. The molecule has 4 bridgehead atoms. The molecule has 2 saturated heterocycles. The number of rotatable bonds is 5. The molecule has 9 atom stereocenters. The molecule has 13 heteroatoms. The van der Waals surface area contributed by atoms with Crippen molar-refractivity contribution in [2.45, 2.75) is 102 Å². The number of aliphatic hydroxyl groups is 1. The van der Waals surface area contributed by atoms with Gasteiger partial charge in [0.25, 0.3) is 0 Å². The van der Waals surface area contributed by atoms with Crippen LogP contribution in [0.1, 0.15) is 65.4 Å². The Morgan fingerprint density at radius 1 is 1.24 bits per heavy atom. The number of nitrogen functional groups attached to an aromatic ring is 1. The van der Waals surface area contributed by atoms with Gasteiger partial charge in [-0.25, -0.2) is 4.79 Å². The predicted octanol–water partition coefficient (Wildman–Crippen LogP) is 5.16. The van der Waals surface area contributed by atoms with Gasteiger partial charge in [0.05, 0.1) is 37.5 Å². The quantitative estimate of drug-likeness (QED) is 0.210. The first-order valence-corrected chi connectivity index (χ1v) is 17.6. The van der Waals surface area contributed by atoms with Gasteiger partial charge in [-0.3, -0.25) is 14.9 Å². The highest BCUT2D eigenvalue weighted by Gasteiger charge is 2.64. The third kappa shape index (κ3) is 7.99. The second-order valence-corrected chi connectivity index (χ2v) is 14.9. The Morgan fingerprint density at radius 3 is 2.61 bits per heavy atom. The van der Waals surface area contributed by atoms with E-state index in [-0.39, 0.29) is 18.7 Å². The fourth-order valence-electron chi connectivity index (χ4n) is 7.36. The van der Waals surface area contributed by atoms with Crippen LogP contribution in [-0.4, -0.2) is 91.0 Å². The molecular formula is C38H50ClN3O9. The maximum absolute atomic E-state index is 14.4. The smallest absolute Gasteiger partial charge is 0.409 e. The number of halogens is 1. The number of epoxide rings is 1. The maximum Gasteiger partial charge on any atom is 0.409 e. The number of carbonyl (C=O) groups excluding carboxylic acids is 3. The van der Waals surface area contributed by atoms with Crippen molar-refractivity contribution in [2.75, 3.05) is 27.0 Å². The van der Waals surface area contributed by atoms with Crippen molar-refractivity contribution in [2.24, 2.45) is 11.8 Å². The Morgan fingerprint density at radius 2 is 1.96 bits per heavy atom. The lowest BCUT2D eigenvalue weighted by Gasteiger charge is -2.42. The first-order valence-electron chi connectivity index (χ1n) is 17.2. The van der Waals surface area contributed by atoms with Crippen LogP contribution in [0.4, 0.5) is 10.5 Å². The minimum Gasteiger partial charge on any atom is -0.500 e. The molecule has 1 aromatic carbocycles. The Balaban J connectivity index is 1.61. The number of anilines is 1. The number of nitrogens with one attached hydrogen (secondary N) is 1. The van der Waals surface area contributed by atoms with Crippen molar-refractivity contribution in [3.8, 4) is 0 Å². The molecule has 0 aromatic heterocycles. The van der Waals surface area contributed by atoms with Crippen molar-refractivity contribution in [3.63, 3.8) is 0 Å². The largest absolute Gasteiger partial charge is 0.500 e. The van der Waals surface area contributed by atoms with Gasteiger partial charge in [-0.1, -0.05) is 68.3 Å². The van der Waals surface area contributed by atoms with Gasteiger partial charge in [-0.15, -0.1) is 0 Å². The van der Waals surface area contributed by atoms with Gasteiger partial charge in [0.15, 0.2) is 5.72 Å². The molecule has 2 unspecified atom stereocenters. The number of benzene rings is 1. The summed E-state index contributed by atoms with van der Waals surface area (Å²) in [6.45, 7) is 9.03. The van der Waals surface area contributed by atoms with E-state index >= 15 is 0 Å². The number of fused-ring (bicyclic) bond motifs is 4. The van der Waals surface area contributed by atoms with E-state index in [1.54, 1.807) is 64.1 Å². The van der Waals surface area contributed by atoms with Crippen LogP contribution in [0.15, 0.2) is 65.5 Å². The lowest BCUT2D eigenvalue weighted by atomic mass is 9.81. The second-order valence-electron chi connectivity index (χ2n) is 14.5. The summed E-state index contributed by atoms with van der Waals surface area (Å²) in [5, 5.41) is 14.7. The molecule has 3 aliphatic heterocycles. The summed E-state index contributed by atoms with van der Waals surface area (Å²) in [7, 11) is 4.75. The van der Waals surface area contributed by atoms with Crippen LogP contribution >= 0.6 is 11.6 Å². The number of ether oxygens (including phenoxy) is 5. The Kier molecular flexibility index (Phi) is 11.3. The molecule has 5 rings (SSSR count). The van der Waals surface area contributed by atoms with Crippen LogP contribution in [0.25, 0.3) is 0 Å². The molecule has 4 aliphatic rings. The molecule has 2 fully saturated rings. The number of carbonyl (C=O) groups is 3. The van der Waals surface area contributed by atoms with E-state index in [0.29, 0.717) is 22.9 Å². The summed E-state index contributed by atoms with van der Waals surface area (Å²) >= 11 is 6.77. The van der Waals surface area contributed by atoms with Crippen molar-refractivity contribution in [1.82, 2.24) is 10.2 Å². The van der Waals surface area contributed by atoms with Gasteiger partial charge >= 0.3 is 12.1 Å². The third-order valence-corrected chi connectivity index (χ3v) is 10.8. The summed E-state index contributed by atoms with van der Waals surface area (Å²) in [5.41, 5.74) is 6.27. The zero-order valence-corrected chi connectivity index (χ0v) is 31.2. The van der Waals surface area contributed by atoms with Crippen LogP contribution in [0.5, 0.6) is 0 Å². The Hall–Kier alpha value is -3.84. The number of alkyl carbamates (subject to hydrolysis) is 1. The minimum absolute atomic E-state index is 0.00620. The minimum atomic E-state index is -1.79. The zero-order valence-electron chi connectivity index (χ0n) is 30.5. The number of hydrogen-bond acceptors (Lipinski definition) is 10. The van der Waals surface area contributed by atoms with Gasteiger partial charge in [0.1, 0.15) is 29.7 Å². The third-order valence-electron chi connectivity index (χ3n) is 10.4. The predicted molar refractivity (Wildman–Crippen MR) is 191 cm³/mol. The summed E-state index contributed by atoms with van der Waals surface area (Å²) in [5.74, 6) is -1.56. The van der Waals surface area contributed by atoms with Crippen LogP contribution < -0.4 is 11.1 Å². The molecule has 2 amide bonds. The highest BCUT2D eigenvalue weighted by molar-refractivity contribution is 6.31. The zero-order chi connectivity index (χ0) is 37.4. The van der Waals surface area contributed by atoms with E-state index in [2.05, 4.69) is 5.32 Å². The number of allylic oxidation sites excluding steroid dienone is 5. The SMILES string of the molecule is COC1=CC2=CC(C1c1ccc(N)cc1Cl)N(C)C(=O)C[C@H](OC(=O)C(C)C)[C@]1(C)O[C@H]1[C@H](C)[C@@H]1C[C@@](O)(NC(=O)O1)[C@H](OC)/C=C/C=C(\C)C2. The lowest BCUT2D eigenvalue weighted by Crippen LogP contribution is -2.63. The fraction of sp³-hybridized carbons (Fsp3) is 0.553. The summed E-state index contributed by atoms with van der Waals surface area (Å²) in [6, 6.07) is 4.73. The number of esters is 1. The molecule has 3 heterocycles. The number of likely N-dealkylation sites (N-methyl/N-ethyl adjacent to an activating group) is 1. The molecule has 278 valence electrons. The summed E-state index contributed by atoms with van der Waals surface area (Å²) in [4.78, 5) is 41.9. The van der Waals surface area contributed by atoms with Crippen LogP contribution in [0.2, 0.25) is 5.02 Å². The average molecular weight is 728 g/mol. The second kappa shape index (κ2) is 15.0. The Labute approximate surface area is 304 Å². The average Bonchev–Trinajstić information content (AvgIpc) is 3.76. The van der Waals surface area contributed by atoms with E-state index in [9.17, 15) is 19.5 Å². The fourth-order valence-corrected chi connectivity index (χ4v) is 7.66. The molecule has 12 nitrogen and oxygen atoms in total. The molecule has 0 saturated carbocycles. The lowest BCUT2D eigenvalue weighted by molar-refractivity contribution is -0.158. The normalized spacial score (nSPS) is 36.0. The topological polar surface area (TPSA) is 162 Å². The summed E-state index contributed by atoms with van der Waals surface area (Å²) < 4.78 is 29.6. The number of nitrogens with zero attached hydrogens (tertiary/aromatic N) is 1. The number of amides is 2. The standard InChI is InChI=1S/C38H50ClN3O9/c1-20(2)35(44)50-31-18-32(43)42(6)27-15-23(16-28(47-7)33(27)25-13-12-24(40)17-26(25)39)14-21(3)10-9-11-30(48-8)38(46)19-29(49-36(45)41-38)22(4)34-37(31,5)51-34/h9-13,15-17,20,22,27,29-31,33-34,46H,14,18-19,40H2,1-8H3,(H,41,45)/b11-9+,21-10+/t22-,27?,29+,30-,31+,33?,34+,37+,38+/m1/s1. The molecule has 0 radical (unpaired) electrons. The maximum atomic E-state index is 14.4. The summed E-state index contributed by atoms with van der Waals surface area (Å²) in [6.07, 6.45) is 5.61. The molecule has 51 heavy (non-hydrogen) atoms. The van der Waals surface area contributed by atoms with E-state index in [4.69, 9.17) is 41.0 Å². The van der Waals surface area contributed by atoms with E-state index in [0.717, 1.165) is 16.7 Å². The van der Waals surface area contributed by atoms with E-state index in [1.165, 1.54) is 7.11 Å². The van der Waals surface area contributed by atoms with Crippen molar-refractivity contribution in [1.29, 1.82) is 0 Å². The first kappa shape index (κ1) is 38.4. The highest BCUT2D eigenvalue weighted by Crippen LogP contribution is 2.49. The van der Waals surface area contributed by atoms with Gasteiger partial charge in [0, 0.05) is 37.2 Å². The van der Waals surface area contributed by atoms with Crippen molar-refractivity contribution >= 4 is 35.3 Å². The Bertz CT molecular complexity index is 1660. The first-order chi connectivity index (χ1) is 24.0. The van der Waals surface area contributed by atoms with Crippen molar-refractivity contribution in [3.05, 3.63) is 76.1 Å². The number of methoxy groups -OCH3 is 2. The number of hydrogen-bond donors (Lipinski definition) is 3. The van der Waals surface area contributed by atoms with E-state index in [1.807, 2.05) is 38.1 Å². The van der Waals surface area contributed by atoms with Gasteiger partial charge in [0.2, 0.25) is 5.91 Å². The van der Waals surface area contributed by atoms with Crippen LogP contribution in [-0.2, 0) is 33.3 Å². The number of nitrogens with two attached hydrogens (primary N) is 1. The molecule has 4 N–H and O–H groups in total. The van der Waals surface area contributed by atoms with E-state index < -0.39 is 71.6 Å². The monoisotopic (exact) mass is 727 g/mol. The van der Waals surface area contributed by atoms with Crippen molar-refractivity contribution < 1.29 is 43.2 Å². The van der Waals surface area contributed by atoms with Crippen LogP contribution in [0.3, 0.4) is 0 Å². The molecule has 1 aliphatic carbocycles. The van der Waals surface area contributed by atoms with Gasteiger partial charge in [-0.05, 0) is 49.6 Å². The van der Waals surface area contributed by atoms with Gasteiger partial charge in [-0.2, -0.15) is 0 Å². The van der Waals surface area contributed by atoms with Gasteiger partial charge < -0.3 is 39.4 Å². The highest BCUT2D eigenvalue weighted by atomic mass is 35.5. The van der Waals surface area contributed by atoms with Crippen LogP contribution in [0, 0.1) is 11.8 Å².